The Morgan fingerprint density at radius 2 is 1.33 bits per heavy atom. The molecule has 0 unspecified atom stereocenters. The molecule has 0 atom stereocenters. The summed E-state index contributed by atoms with van der Waals surface area (Å²) in [4.78, 5) is 19.8. The summed E-state index contributed by atoms with van der Waals surface area (Å²) in [6, 6.07) is 8.33. The number of rotatable bonds is 3. The van der Waals surface area contributed by atoms with Crippen molar-refractivity contribution in [3.05, 3.63) is 30.3 Å². The molecule has 0 aliphatic carbocycles. The smallest absolute Gasteiger partial charge is 0.217 e. The third-order valence-electron chi connectivity index (χ3n) is 1.36. The number of benzene rings is 1. The molecule has 0 aromatic heterocycles. The number of carbonyl (C=O) groups excluding carboxylic acids is 2. The van der Waals surface area contributed by atoms with Crippen LogP contribution in [-0.4, -0.2) is 11.8 Å². The van der Waals surface area contributed by atoms with E-state index in [0.29, 0.717) is 0 Å². The van der Waals surface area contributed by atoms with Gasteiger partial charge in [0.1, 0.15) is 0 Å². The maximum absolute atomic E-state index is 10.3. The van der Waals surface area contributed by atoms with E-state index in [2.05, 4.69) is 0 Å². The van der Waals surface area contributed by atoms with Crippen molar-refractivity contribution in [2.45, 2.75) is 12.8 Å². The van der Waals surface area contributed by atoms with Crippen LogP contribution in [0.25, 0.3) is 0 Å². The normalized spacial score (nSPS) is 8.53. The summed E-state index contributed by atoms with van der Waals surface area (Å²) < 4.78 is 0. The summed E-state index contributed by atoms with van der Waals surface area (Å²) in [5.41, 5.74) is 9.39. The number of hydrogen-bond donors (Lipinski definition) is 2. The van der Waals surface area contributed by atoms with Crippen molar-refractivity contribution in [2.75, 3.05) is 0 Å². The lowest BCUT2D eigenvalue weighted by atomic mass is 10.3. The van der Waals surface area contributed by atoms with Crippen LogP contribution >= 0.6 is 0 Å². The predicted octanol–water partition coefficient (Wildman–Crippen LogP) is 0.568. The molecule has 5 heteroatoms. The van der Waals surface area contributed by atoms with Gasteiger partial charge in [0, 0.05) is 12.8 Å². The quantitative estimate of drug-likeness (QED) is 0.759. The maximum atomic E-state index is 10.3. The Bertz CT molecular complexity index is 298. The van der Waals surface area contributed by atoms with Crippen LogP contribution in [0.5, 0.6) is 5.75 Å². The topological polar surface area (TPSA) is 106 Å². The van der Waals surface area contributed by atoms with E-state index in [1.165, 1.54) is 12.1 Å². The molecule has 0 saturated carbocycles. The van der Waals surface area contributed by atoms with E-state index in [9.17, 15) is 14.7 Å². The second kappa shape index (κ2) is 7.37. The standard InChI is InChI=1S/C6H5O.C4H8N2O2/c7-6-4-2-1-3-5-6;5-3(7)1-2-4(6)8/h1-5H;1-2H2,(H2,5,7)(H2,6,8). The van der Waals surface area contributed by atoms with Crippen molar-refractivity contribution in [1.29, 1.82) is 0 Å². The summed E-state index contributed by atoms with van der Waals surface area (Å²) >= 11 is 0. The zero-order valence-corrected chi connectivity index (χ0v) is 8.18. The van der Waals surface area contributed by atoms with Gasteiger partial charge < -0.3 is 11.5 Å². The van der Waals surface area contributed by atoms with Crippen molar-refractivity contribution in [3.8, 4) is 5.75 Å². The number of carbonyl (C=O) groups is 2. The summed E-state index contributed by atoms with van der Waals surface area (Å²) in [5.74, 6) is -0.921. The summed E-state index contributed by atoms with van der Waals surface area (Å²) in [6.45, 7) is 0. The van der Waals surface area contributed by atoms with E-state index in [0.717, 1.165) is 0 Å². The van der Waals surface area contributed by atoms with Gasteiger partial charge in [-0.05, 0) is 12.1 Å². The van der Waals surface area contributed by atoms with Gasteiger partial charge in [0.05, 0.1) is 0 Å². The first-order valence-electron chi connectivity index (χ1n) is 4.31. The molecule has 0 spiro atoms. The van der Waals surface area contributed by atoms with Crippen LogP contribution in [0, 0.1) is 0 Å². The Kier molecular flexibility index (Phi) is 6.37. The monoisotopic (exact) mass is 209 g/mol. The molecule has 0 bridgehead atoms. The fourth-order valence-corrected chi connectivity index (χ4v) is 0.667. The minimum absolute atomic E-state index is 0.0509. The van der Waals surface area contributed by atoms with Gasteiger partial charge in [-0.1, -0.05) is 18.2 Å². The lowest BCUT2D eigenvalue weighted by Gasteiger charge is -1.87. The minimum Gasteiger partial charge on any atom is -0.370 e. The molecule has 0 fully saturated rings. The molecule has 1 radical (unpaired) electrons. The molecular formula is C10H13N2O3. The highest BCUT2D eigenvalue weighted by atomic mass is 16.3. The van der Waals surface area contributed by atoms with Crippen molar-refractivity contribution < 1.29 is 14.7 Å². The first kappa shape index (κ1) is 13.0. The molecule has 5 nitrogen and oxygen atoms in total. The second-order valence-electron chi connectivity index (χ2n) is 2.75. The van der Waals surface area contributed by atoms with Crippen molar-refractivity contribution in [3.63, 3.8) is 0 Å². The van der Waals surface area contributed by atoms with Gasteiger partial charge in [-0.25, -0.2) is 0 Å². The van der Waals surface area contributed by atoms with E-state index in [-0.39, 0.29) is 18.6 Å². The van der Waals surface area contributed by atoms with Crippen LogP contribution in [0.4, 0.5) is 0 Å². The third kappa shape index (κ3) is 9.88. The highest BCUT2D eigenvalue weighted by Crippen LogP contribution is 2.04. The number of hydrogen-bond acceptors (Lipinski definition) is 2. The van der Waals surface area contributed by atoms with Crippen molar-refractivity contribution >= 4 is 11.8 Å². The molecule has 1 aromatic carbocycles. The van der Waals surface area contributed by atoms with Gasteiger partial charge in [-0.15, -0.1) is 0 Å². The van der Waals surface area contributed by atoms with Gasteiger partial charge in [-0.2, -0.15) is 0 Å². The number of nitrogens with two attached hydrogens (primary N) is 2. The molecular weight excluding hydrogens is 196 g/mol. The second-order valence-corrected chi connectivity index (χ2v) is 2.75. The fraction of sp³-hybridized carbons (Fsp3) is 0.200. The SMILES string of the molecule is NC(=O)CCC(N)=O.[O]c1ccccc1. The number of primary amides is 2. The Labute approximate surface area is 87.7 Å². The lowest BCUT2D eigenvalue weighted by Crippen LogP contribution is -2.16. The van der Waals surface area contributed by atoms with Gasteiger partial charge in [0.15, 0.2) is 5.75 Å². The summed E-state index contributed by atoms with van der Waals surface area (Å²) in [7, 11) is 0. The first-order chi connectivity index (χ1) is 7.02. The molecule has 81 valence electrons. The highest BCUT2D eigenvalue weighted by molar-refractivity contribution is 5.81. The third-order valence-corrected chi connectivity index (χ3v) is 1.36. The average Bonchev–Trinajstić information content (AvgIpc) is 2.17. The first-order valence-corrected chi connectivity index (χ1v) is 4.31. The average molecular weight is 209 g/mol. The molecule has 0 heterocycles. The summed E-state index contributed by atoms with van der Waals surface area (Å²) in [6.07, 6.45) is 0.102. The lowest BCUT2D eigenvalue weighted by molar-refractivity contribution is -0.123. The van der Waals surface area contributed by atoms with Gasteiger partial charge in [0.2, 0.25) is 11.8 Å². The van der Waals surface area contributed by atoms with Gasteiger partial charge in [0.25, 0.3) is 0 Å². The van der Waals surface area contributed by atoms with E-state index < -0.39 is 11.8 Å². The zero-order valence-electron chi connectivity index (χ0n) is 8.18. The fourth-order valence-electron chi connectivity index (χ4n) is 0.667. The molecule has 0 aliphatic rings. The van der Waals surface area contributed by atoms with Crippen LogP contribution in [0.1, 0.15) is 12.8 Å². The van der Waals surface area contributed by atoms with Crippen molar-refractivity contribution in [1.82, 2.24) is 0 Å². The highest BCUT2D eigenvalue weighted by Gasteiger charge is 1.96. The van der Waals surface area contributed by atoms with Crippen LogP contribution in [-0.2, 0) is 14.7 Å². The van der Waals surface area contributed by atoms with Crippen LogP contribution < -0.4 is 11.5 Å². The Morgan fingerprint density at radius 1 is 0.933 bits per heavy atom. The Morgan fingerprint density at radius 3 is 1.53 bits per heavy atom. The largest absolute Gasteiger partial charge is 0.370 e. The Hall–Kier alpha value is -2.04. The molecule has 2 amide bonds. The predicted molar refractivity (Wildman–Crippen MR) is 54.2 cm³/mol. The summed E-state index contributed by atoms with van der Waals surface area (Å²) in [5, 5.41) is 10.3. The van der Waals surface area contributed by atoms with Crippen LogP contribution in [0.15, 0.2) is 30.3 Å². The van der Waals surface area contributed by atoms with Crippen LogP contribution in [0.2, 0.25) is 0 Å². The minimum atomic E-state index is -0.496. The van der Waals surface area contributed by atoms with E-state index in [4.69, 9.17) is 11.5 Å². The molecule has 15 heavy (non-hydrogen) atoms. The molecule has 1 rings (SSSR count). The van der Waals surface area contributed by atoms with E-state index in [1.807, 2.05) is 6.07 Å². The van der Waals surface area contributed by atoms with E-state index >= 15 is 0 Å². The Balaban J connectivity index is 0.000000262. The number of amides is 2. The molecule has 4 N–H and O–H groups in total. The van der Waals surface area contributed by atoms with Crippen molar-refractivity contribution in [2.24, 2.45) is 11.5 Å². The van der Waals surface area contributed by atoms with Crippen LogP contribution in [0.3, 0.4) is 0 Å². The maximum Gasteiger partial charge on any atom is 0.217 e. The molecule has 0 aliphatic heterocycles. The zero-order chi connectivity index (χ0) is 11.7. The molecule has 1 aromatic rings. The number of para-hydroxylation sites is 1. The van der Waals surface area contributed by atoms with Gasteiger partial charge >= 0.3 is 0 Å². The van der Waals surface area contributed by atoms with E-state index in [1.54, 1.807) is 12.1 Å². The van der Waals surface area contributed by atoms with Gasteiger partial charge in [-0.3, -0.25) is 14.7 Å². The molecule has 0 saturated heterocycles.